The molecule has 0 bridgehead atoms. The van der Waals surface area contributed by atoms with E-state index in [9.17, 15) is 0 Å². The van der Waals surface area contributed by atoms with Gasteiger partial charge in [-0.1, -0.05) is 18.2 Å². The first-order chi connectivity index (χ1) is 10.7. The van der Waals surface area contributed by atoms with Crippen molar-refractivity contribution >= 4 is 29.3 Å². The molecule has 0 saturated carbocycles. The number of fused-ring (bicyclic) bond motifs is 1. The highest BCUT2D eigenvalue weighted by molar-refractivity contribution is 7.98. The van der Waals surface area contributed by atoms with Crippen molar-refractivity contribution in [2.24, 2.45) is 0 Å². The monoisotopic (exact) mass is 316 g/mol. The Kier molecular flexibility index (Phi) is 4.62. The Hall–Kier alpha value is -2.02. The van der Waals surface area contributed by atoms with Gasteiger partial charge >= 0.3 is 0 Å². The van der Waals surface area contributed by atoms with Gasteiger partial charge in [-0.15, -0.1) is 0 Å². The summed E-state index contributed by atoms with van der Waals surface area (Å²) in [4.78, 5) is 14.4. The zero-order chi connectivity index (χ0) is 15.4. The van der Waals surface area contributed by atoms with Gasteiger partial charge in [0.2, 0.25) is 11.9 Å². The Balaban J connectivity index is 1.52. The van der Waals surface area contributed by atoms with Crippen LogP contribution in [0.2, 0.25) is 0 Å². The summed E-state index contributed by atoms with van der Waals surface area (Å²) in [6.07, 6.45) is 2.41. The SMILES string of the molecule is Nc1nc(N)nc(CSCCN2CCCc3ccccc32)n1. The molecule has 1 aliphatic rings. The highest BCUT2D eigenvalue weighted by Crippen LogP contribution is 2.26. The lowest BCUT2D eigenvalue weighted by Crippen LogP contribution is -2.31. The molecule has 0 unspecified atom stereocenters. The summed E-state index contributed by atoms with van der Waals surface area (Å²) in [7, 11) is 0. The third-order valence-electron chi connectivity index (χ3n) is 3.66. The smallest absolute Gasteiger partial charge is 0.225 e. The normalized spacial score (nSPS) is 13.9. The van der Waals surface area contributed by atoms with Crippen LogP contribution >= 0.6 is 11.8 Å². The van der Waals surface area contributed by atoms with E-state index in [4.69, 9.17) is 11.5 Å². The minimum absolute atomic E-state index is 0.188. The van der Waals surface area contributed by atoms with Crippen molar-refractivity contribution in [3.8, 4) is 0 Å². The molecule has 4 N–H and O–H groups in total. The fourth-order valence-corrected chi connectivity index (χ4v) is 3.51. The van der Waals surface area contributed by atoms with Crippen molar-refractivity contribution in [1.29, 1.82) is 0 Å². The van der Waals surface area contributed by atoms with Crippen molar-refractivity contribution in [1.82, 2.24) is 15.0 Å². The van der Waals surface area contributed by atoms with Gasteiger partial charge in [-0.25, -0.2) is 0 Å². The lowest BCUT2D eigenvalue weighted by Gasteiger charge is -2.31. The molecule has 1 aliphatic heterocycles. The maximum atomic E-state index is 5.57. The topological polar surface area (TPSA) is 93.9 Å². The van der Waals surface area contributed by atoms with Crippen molar-refractivity contribution in [2.45, 2.75) is 18.6 Å². The number of hydrogen-bond acceptors (Lipinski definition) is 7. The molecule has 1 aromatic carbocycles. The number of para-hydroxylation sites is 1. The molecule has 0 amide bonds. The molecule has 0 aliphatic carbocycles. The Morgan fingerprint density at radius 1 is 1.09 bits per heavy atom. The molecule has 3 rings (SSSR count). The van der Waals surface area contributed by atoms with E-state index in [-0.39, 0.29) is 11.9 Å². The summed E-state index contributed by atoms with van der Waals surface area (Å²) in [5, 5.41) is 0. The van der Waals surface area contributed by atoms with Crippen LogP contribution in [0, 0.1) is 0 Å². The molecular formula is C15H20N6S. The predicted octanol–water partition coefficient (Wildman–Crippen LogP) is 1.72. The number of aryl methyl sites for hydroxylation is 1. The lowest BCUT2D eigenvalue weighted by atomic mass is 10.0. The van der Waals surface area contributed by atoms with E-state index in [1.165, 1.54) is 24.1 Å². The molecule has 0 radical (unpaired) electrons. The number of thioether (sulfide) groups is 1. The summed E-state index contributed by atoms with van der Waals surface area (Å²) < 4.78 is 0. The third-order valence-corrected chi connectivity index (χ3v) is 4.59. The molecule has 0 atom stereocenters. The van der Waals surface area contributed by atoms with Crippen molar-refractivity contribution < 1.29 is 0 Å². The number of benzene rings is 1. The van der Waals surface area contributed by atoms with E-state index in [1.807, 2.05) is 0 Å². The van der Waals surface area contributed by atoms with Gasteiger partial charge in [-0.2, -0.15) is 26.7 Å². The average Bonchev–Trinajstić information content (AvgIpc) is 2.51. The van der Waals surface area contributed by atoms with Gasteiger partial charge in [-0.05, 0) is 24.5 Å². The quantitative estimate of drug-likeness (QED) is 0.811. The maximum Gasteiger partial charge on any atom is 0.225 e. The first-order valence-corrected chi connectivity index (χ1v) is 8.54. The first kappa shape index (κ1) is 14.9. The standard InChI is InChI=1S/C15H20N6S/c16-14-18-13(19-15(17)20-14)10-22-9-8-21-7-3-5-11-4-1-2-6-12(11)21/h1-2,4,6H,3,5,7-10H2,(H4,16,17,18,19,20). The van der Waals surface area contributed by atoms with Gasteiger partial charge < -0.3 is 16.4 Å². The molecule has 22 heavy (non-hydrogen) atoms. The van der Waals surface area contributed by atoms with Crippen molar-refractivity contribution in [2.75, 3.05) is 35.2 Å². The van der Waals surface area contributed by atoms with E-state index in [0.29, 0.717) is 11.6 Å². The molecule has 1 aromatic heterocycles. The molecule has 2 aromatic rings. The average molecular weight is 316 g/mol. The Bertz CT molecular complexity index is 627. The number of anilines is 3. The van der Waals surface area contributed by atoms with Gasteiger partial charge in [0.1, 0.15) is 5.82 Å². The van der Waals surface area contributed by atoms with Crippen LogP contribution in [0.1, 0.15) is 17.8 Å². The second-order valence-corrected chi connectivity index (χ2v) is 6.35. The summed E-state index contributed by atoms with van der Waals surface area (Å²) in [6.45, 7) is 2.15. The predicted molar refractivity (Wildman–Crippen MR) is 91.8 cm³/mol. The highest BCUT2D eigenvalue weighted by Gasteiger charge is 2.15. The largest absolute Gasteiger partial charge is 0.370 e. The molecule has 0 fully saturated rings. The number of hydrogen-bond donors (Lipinski definition) is 2. The zero-order valence-corrected chi connectivity index (χ0v) is 13.2. The van der Waals surface area contributed by atoms with Gasteiger partial charge in [0, 0.05) is 24.5 Å². The Morgan fingerprint density at radius 3 is 2.68 bits per heavy atom. The van der Waals surface area contributed by atoms with Crippen LogP contribution in [0.4, 0.5) is 17.6 Å². The zero-order valence-electron chi connectivity index (χ0n) is 12.4. The lowest BCUT2D eigenvalue weighted by molar-refractivity contribution is 0.710. The highest BCUT2D eigenvalue weighted by atomic mass is 32.2. The summed E-state index contributed by atoms with van der Waals surface area (Å²) in [5.74, 6) is 2.74. The van der Waals surface area contributed by atoms with Crippen LogP contribution in [0.5, 0.6) is 0 Å². The summed E-state index contributed by atoms with van der Waals surface area (Å²) in [6, 6.07) is 8.67. The van der Waals surface area contributed by atoms with Gasteiger partial charge in [0.25, 0.3) is 0 Å². The molecule has 0 saturated heterocycles. The fraction of sp³-hybridized carbons (Fsp3) is 0.400. The third kappa shape index (κ3) is 3.59. The molecule has 2 heterocycles. The van der Waals surface area contributed by atoms with Crippen LogP contribution in [0.3, 0.4) is 0 Å². The van der Waals surface area contributed by atoms with Gasteiger partial charge in [0.05, 0.1) is 5.75 Å². The number of nitrogens with zero attached hydrogens (tertiary/aromatic N) is 4. The molecule has 0 spiro atoms. The Labute approximate surface area is 134 Å². The summed E-state index contributed by atoms with van der Waals surface area (Å²) >= 11 is 1.79. The molecule has 7 heteroatoms. The number of rotatable bonds is 5. The number of nitrogens with two attached hydrogens (primary N) is 2. The second-order valence-electron chi connectivity index (χ2n) is 5.24. The van der Waals surface area contributed by atoms with Crippen LogP contribution in [0.25, 0.3) is 0 Å². The number of aromatic nitrogens is 3. The minimum atomic E-state index is 0.188. The van der Waals surface area contributed by atoms with E-state index in [1.54, 1.807) is 11.8 Å². The van der Waals surface area contributed by atoms with Gasteiger partial charge in [0.15, 0.2) is 0 Å². The Morgan fingerprint density at radius 2 is 1.86 bits per heavy atom. The van der Waals surface area contributed by atoms with Crippen molar-refractivity contribution in [3.05, 3.63) is 35.7 Å². The van der Waals surface area contributed by atoms with Crippen LogP contribution in [0.15, 0.2) is 24.3 Å². The van der Waals surface area contributed by atoms with E-state index >= 15 is 0 Å². The molecular weight excluding hydrogens is 296 g/mol. The minimum Gasteiger partial charge on any atom is -0.370 e. The van der Waals surface area contributed by atoms with Gasteiger partial charge in [-0.3, -0.25) is 0 Å². The van der Waals surface area contributed by atoms with Crippen LogP contribution < -0.4 is 16.4 Å². The van der Waals surface area contributed by atoms with E-state index in [0.717, 1.165) is 18.8 Å². The van der Waals surface area contributed by atoms with Crippen molar-refractivity contribution in [3.63, 3.8) is 0 Å². The second kappa shape index (κ2) is 6.83. The van der Waals surface area contributed by atoms with Crippen LogP contribution in [-0.4, -0.2) is 33.8 Å². The maximum absolute atomic E-state index is 5.57. The summed E-state index contributed by atoms with van der Waals surface area (Å²) in [5.41, 5.74) is 14.0. The van der Waals surface area contributed by atoms with Crippen LogP contribution in [-0.2, 0) is 12.2 Å². The fourth-order valence-electron chi connectivity index (χ4n) is 2.70. The first-order valence-electron chi connectivity index (χ1n) is 7.39. The molecule has 116 valence electrons. The number of nitrogen functional groups attached to an aromatic ring is 2. The van der Waals surface area contributed by atoms with E-state index < -0.39 is 0 Å². The van der Waals surface area contributed by atoms with E-state index in [2.05, 4.69) is 44.1 Å². The molecule has 6 nitrogen and oxygen atoms in total.